The van der Waals surface area contributed by atoms with Crippen LogP contribution in [0.15, 0.2) is 56.8 Å². The molecule has 33 heavy (non-hydrogen) atoms. The molecule has 0 radical (unpaired) electrons. The van der Waals surface area contributed by atoms with Gasteiger partial charge in [0, 0.05) is 17.2 Å². The zero-order valence-electron chi connectivity index (χ0n) is 19.5. The van der Waals surface area contributed by atoms with Crippen molar-refractivity contribution in [3.8, 4) is 5.75 Å². The maximum Gasteiger partial charge on any atom is 0.336 e. The van der Waals surface area contributed by atoms with Crippen molar-refractivity contribution in [1.82, 2.24) is 14.9 Å². The lowest BCUT2D eigenvalue weighted by atomic mass is 9.87. The number of thioether (sulfide) groups is 1. The van der Waals surface area contributed by atoms with Gasteiger partial charge in [-0.1, -0.05) is 56.8 Å². The molecule has 0 amide bonds. The topological polar surface area (TPSA) is 96.2 Å². The number of aromatic nitrogens is 3. The lowest BCUT2D eigenvalue weighted by molar-refractivity contribution is 0.291. The number of benzene rings is 2. The summed E-state index contributed by atoms with van der Waals surface area (Å²) in [6.45, 7) is 10.7. The van der Waals surface area contributed by atoms with E-state index >= 15 is 0 Å². The Hall–Kier alpha value is -3.26. The summed E-state index contributed by atoms with van der Waals surface area (Å²) < 4.78 is 12.7. The minimum Gasteiger partial charge on any atom is -0.486 e. The molecule has 0 bridgehead atoms. The fourth-order valence-corrected chi connectivity index (χ4v) is 4.36. The van der Waals surface area contributed by atoms with Crippen molar-refractivity contribution in [2.24, 2.45) is 0 Å². The third-order valence-corrected chi connectivity index (χ3v) is 6.69. The Morgan fingerprint density at radius 2 is 1.82 bits per heavy atom. The van der Waals surface area contributed by atoms with Crippen LogP contribution in [0.1, 0.15) is 48.8 Å². The van der Waals surface area contributed by atoms with Crippen LogP contribution in [0.3, 0.4) is 0 Å². The number of hydrogen-bond acceptors (Lipinski definition) is 7. The Morgan fingerprint density at radius 1 is 1.09 bits per heavy atom. The average Bonchev–Trinajstić information content (AvgIpc) is 3.12. The molecule has 0 aliphatic rings. The molecule has 4 aromatic rings. The first-order valence-electron chi connectivity index (χ1n) is 10.7. The lowest BCUT2D eigenvalue weighted by Gasteiger charge is -2.19. The van der Waals surface area contributed by atoms with E-state index in [0.29, 0.717) is 22.3 Å². The highest BCUT2D eigenvalue weighted by Gasteiger charge is 2.15. The maximum absolute atomic E-state index is 12.1. The number of rotatable bonds is 6. The lowest BCUT2D eigenvalue weighted by Crippen LogP contribution is -2.16. The van der Waals surface area contributed by atoms with Crippen molar-refractivity contribution < 1.29 is 9.15 Å². The predicted molar refractivity (Wildman–Crippen MR) is 131 cm³/mol. The second kappa shape index (κ2) is 8.94. The van der Waals surface area contributed by atoms with E-state index in [1.54, 1.807) is 0 Å². The highest BCUT2D eigenvalue weighted by Crippen LogP contribution is 2.28. The van der Waals surface area contributed by atoms with Crippen LogP contribution in [-0.4, -0.2) is 14.9 Å². The Labute approximate surface area is 196 Å². The smallest absolute Gasteiger partial charge is 0.336 e. The number of ether oxygens (including phenoxy) is 1. The molecule has 0 atom stereocenters. The standard InChI is InChI=1S/C25H28N4O3S/c1-15-6-11-20-17(12-22(30)32-23(20)16(15)2)14-33-24-28-27-21(29(24)26)13-31-19-9-7-18(8-10-19)25(3,4)5/h6-12H,13-14,26H2,1-5H3. The summed E-state index contributed by atoms with van der Waals surface area (Å²) in [5, 5.41) is 9.82. The van der Waals surface area contributed by atoms with Gasteiger partial charge in [-0.05, 0) is 53.6 Å². The van der Waals surface area contributed by atoms with Gasteiger partial charge in [0.05, 0.1) is 0 Å². The number of nitrogens with zero attached hydrogens (tertiary/aromatic N) is 3. The van der Waals surface area contributed by atoms with E-state index in [9.17, 15) is 4.79 Å². The first-order chi connectivity index (χ1) is 15.6. The molecule has 2 heterocycles. The van der Waals surface area contributed by atoms with Gasteiger partial charge >= 0.3 is 5.63 Å². The maximum atomic E-state index is 12.1. The molecule has 0 aliphatic heterocycles. The van der Waals surface area contributed by atoms with Gasteiger partial charge in [0.15, 0.2) is 5.82 Å². The van der Waals surface area contributed by atoms with Crippen LogP contribution < -0.4 is 16.2 Å². The fourth-order valence-electron chi connectivity index (χ4n) is 3.49. The van der Waals surface area contributed by atoms with Crippen LogP contribution in [0.5, 0.6) is 5.75 Å². The molecule has 0 spiro atoms. The van der Waals surface area contributed by atoms with Gasteiger partial charge in [-0.3, -0.25) is 0 Å². The van der Waals surface area contributed by atoms with E-state index < -0.39 is 0 Å². The summed E-state index contributed by atoms with van der Waals surface area (Å²) in [7, 11) is 0. The van der Waals surface area contributed by atoms with Crippen LogP contribution in [0, 0.1) is 13.8 Å². The highest BCUT2D eigenvalue weighted by atomic mass is 32.2. The molecule has 0 fully saturated rings. The van der Waals surface area contributed by atoms with Crippen molar-refractivity contribution in [3.63, 3.8) is 0 Å². The van der Waals surface area contributed by atoms with E-state index in [2.05, 4.69) is 43.1 Å². The first kappa shape index (κ1) is 22.9. The van der Waals surface area contributed by atoms with Gasteiger partial charge in [0.1, 0.15) is 17.9 Å². The SMILES string of the molecule is Cc1ccc2c(CSc3nnc(COc4ccc(C(C)(C)C)cc4)n3N)cc(=O)oc2c1C. The molecule has 0 saturated carbocycles. The summed E-state index contributed by atoms with van der Waals surface area (Å²) in [6.07, 6.45) is 0. The zero-order valence-corrected chi connectivity index (χ0v) is 20.3. The van der Waals surface area contributed by atoms with Gasteiger partial charge in [-0.25, -0.2) is 9.47 Å². The van der Waals surface area contributed by atoms with Crippen molar-refractivity contribution in [3.05, 3.63) is 81.0 Å². The molecule has 2 aromatic heterocycles. The first-order valence-corrected chi connectivity index (χ1v) is 11.7. The third-order valence-electron chi connectivity index (χ3n) is 5.70. The van der Waals surface area contributed by atoms with Crippen molar-refractivity contribution in [2.45, 2.75) is 57.5 Å². The van der Waals surface area contributed by atoms with Crippen LogP contribution in [-0.2, 0) is 17.8 Å². The minimum absolute atomic E-state index is 0.0879. The summed E-state index contributed by atoms with van der Waals surface area (Å²) in [5.74, 6) is 7.98. The molecule has 2 N–H and O–H groups in total. The van der Waals surface area contributed by atoms with Crippen molar-refractivity contribution in [1.29, 1.82) is 0 Å². The monoisotopic (exact) mass is 464 g/mol. The second-order valence-electron chi connectivity index (χ2n) is 9.10. The number of fused-ring (bicyclic) bond motifs is 1. The van der Waals surface area contributed by atoms with Crippen LogP contribution in [0.25, 0.3) is 11.0 Å². The zero-order chi connectivity index (χ0) is 23.8. The van der Waals surface area contributed by atoms with Gasteiger partial charge in [-0.15, -0.1) is 10.2 Å². The predicted octanol–water partition coefficient (Wildman–Crippen LogP) is 4.88. The molecule has 7 nitrogen and oxygen atoms in total. The Balaban J connectivity index is 1.46. The molecule has 0 saturated heterocycles. The van der Waals surface area contributed by atoms with Gasteiger partial charge < -0.3 is 15.0 Å². The second-order valence-corrected chi connectivity index (χ2v) is 10.0. The molecular weight excluding hydrogens is 436 g/mol. The number of hydrogen-bond donors (Lipinski definition) is 1. The van der Waals surface area contributed by atoms with Gasteiger partial charge in [0.25, 0.3) is 0 Å². The fraction of sp³-hybridized carbons (Fsp3) is 0.320. The molecule has 0 unspecified atom stereocenters. The summed E-state index contributed by atoms with van der Waals surface area (Å²) in [4.78, 5) is 12.1. The number of nitrogens with two attached hydrogens (primary N) is 1. The number of nitrogen functional groups attached to an aromatic ring is 1. The minimum atomic E-state index is -0.368. The van der Waals surface area contributed by atoms with E-state index in [0.717, 1.165) is 27.8 Å². The summed E-state index contributed by atoms with van der Waals surface area (Å²) >= 11 is 1.41. The molecule has 2 aromatic carbocycles. The van der Waals surface area contributed by atoms with E-state index in [1.807, 2.05) is 38.1 Å². The normalized spacial score (nSPS) is 11.8. The largest absolute Gasteiger partial charge is 0.486 e. The quantitative estimate of drug-likeness (QED) is 0.247. The molecule has 4 rings (SSSR count). The molecule has 172 valence electrons. The molecule has 0 aliphatic carbocycles. The Bertz CT molecular complexity index is 1350. The number of aryl methyl sites for hydroxylation is 2. The molecule has 8 heteroatoms. The van der Waals surface area contributed by atoms with Gasteiger partial charge in [0.2, 0.25) is 5.16 Å². The van der Waals surface area contributed by atoms with Crippen molar-refractivity contribution >= 4 is 22.7 Å². The Morgan fingerprint density at radius 3 is 2.52 bits per heavy atom. The van der Waals surface area contributed by atoms with E-state index in [4.69, 9.17) is 15.0 Å². The van der Waals surface area contributed by atoms with E-state index in [-0.39, 0.29) is 17.6 Å². The van der Waals surface area contributed by atoms with Crippen LogP contribution in [0.2, 0.25) is 0 Å². The summed E-state index contributed by atoms with van der Waals surface area (Å²) in [5.41, 5.74) is 4.50. The molecular formula is C25H28N4O3S. The average molecular weight is 465 g/mol. The van der Waals surface area contributed by atoms with Crippen molar-refractivity contribution in [2.75, 3.05) is 5.84 Å². The highest BCUT2D eigenvalue weighted by molar-refractivity contribution is 7.98. The summed E-state index contributed by atoms with van der Waals surface area (Å²) in [6, 6.07) is 13.6. The third kappa shape index (κ3) is 4.90. The van der Waals surface area contributed by atoms with E-state index in [1.165, 1.54) is 28.1 Å². The van der Waals surface area contributed by atoms with Crippen LogP contribution >= 0.6 is 11.8 Å². The van der Waals surface area contributed by atoms with Crippen LogP contribution in [0.4, 0.5) is 0 Å². The van der Waals surface area contributed by atoms with Gasteiger partial charge in [-0.2, -0.15) is 0 Å². The Kier molecular flexibility index (Phi) is 6.21.